The average molecular weight is 372 g/mol. The summed E-state index contributed by atoms with van der Waals surface area (Å²) in [4.78, 5) is 21.7. The van der Waals surface area contributed by atoms with E-state index in [4.69, 9.17) is 0 Å². The lowest BCUT2D eigenvalue weighted by atomic mass is 9.95. The van der Waals surface area contributed by atoms with Crippen LogP contribution in [0.5, 0.6) is 0 Å². The predicted molar refractivity (Wildman–Crippen MR) is 99.5 cm³/mol. The number of hydrogen-bond donors (Lipinski definition) is 0. The second kappa shape index (κ2) is 7.75. The van der Waals surface area contributed by atoms with Gasteiger partial charge in [0, 0.05) is 51.7 Å². The van der Waals surface area contributed by atoms with E-state index in [9.17, 15) is 4.79 Å². The van der Waals surface area contributed by atoms with Crippen LogP contribution < -0.4 is 0 Å². The minimum atomic E-state index is 0.218. The molecular weight excluding hydrogens is 348 g/mol. The van der Waals surface area contributed by atoms with Gasteiger partial charge in [-0.25, -0.2) is 0 Å². The third-order valence-corrected chi connectivity index (χ3v) is 6.25. The Morgan fingerprint density at radius 1 is 1.31 bits per heavy atom. The first-order chi connectivity index (χ1) is 12.7. The number of aromatic nitrogens is 4. The number of rotatable bonds is 5. The Morgan fingerprint density at radius 3 is 3.00 bits per heavy atom. The Bertz CT molecular complexity index is 751. The number of carbonyl (C=O) groups excluding carboxylic acids is 1. The standard InChI is InChI=1S/C18H24N6OS/c1-22-13-20-21-18(22)26-12-17(25)24-10-15-4-5-16(24)11-23(9-15)8-14-3-2-6-19-7-14/h2-3,6-7,13,15-16H,4-5,8-12H2,1H3/t15-,16+/m1/s1. The molecule has 0 aromatic carbocycles. The summed E-state index contributed by atoms with van der Waals surface area (Å²) >= 11 is 1.47. The minimum Gasteiger partial charge on any atom is -0.337 e. The van der Waals surface area contributed by atoms with Crippen LogP contribution in [0.25, 0.3) is 0 Å². The molecule has 3 aliphatic rings. The van der Waals surface area contributed by atoms with E-state index in [1.807, 2.05) is 30.1 Å². The molecule has 2 bridgehead atoms. The van der Waals surface area contributed by atoms with Gasteiger partial charge >= 0.3 is 0 Å². The van der Waals surface area contributed by atoms with Gasteiger partial charge in [0.05, 0.1) is 5.75 Å². The van der Waals surface area contributed by atoms with Gasteiger partial charge < -0.3 is 9.47 Å². The first kappa shape index (κ1) is 17.5. The zero-order valence-corrected chi connectivity index (χ0v) is 15.8. The monoisotopic (exact) mass is 372 g/mol. The highest BCUT2D eigenvalue weighted by Gasteiger charge is 2.37. The highest BCUT2D eigenvalue weighted by molar-refractivity contribution is 7.99. The van der Waals surface area contributed by atoms with E-state index in [2.05, 4.69) is 31.0 Å². The molecule has 0 N–H and O–H groups in total. The molecule has 0 radical (unpaired) electrons. The molecule has 0 saturated carbocycles. The number of aryl methyl sites for hydroxylation is 1. The second-order valence-electron chi connectivity index (χ2n) is 7.21. The van der Waals surface area contributed by atoms with Crippen molar-refractivity contribution in [3.8, 4) is 0 Å². The fourth-order valence-corrected chi connectivity index (χ4v) is 4.75. The summed E-state index contributed by atoms with van der Waals surface area (Å²) in [6.07, 6.45) is 7.73. The molecule has 26 heavy (non-hydrogen) atoms. The van der Waals surface area contributed by atoms with Crippen LogP contribution in [-0.2, 0) is 18.4 Å². The van der Waals surface area contributed by atoms with Crippen LogP contribution >= 0.6 is 11.8 Å². The topological polar surface area (TPSA) is 67.2 Å². The van der Waals surface area contributed by atoms with Gasteiger partial charge in [-0.1, -0.05) is 17.8 Å². The van der Waals surface area contributed by atoms with Crippen LogP contribution in [0.15, 0.2) is 36.0 Å². The zero-order valence-electron chi connectivity index (χ0n) is 15.0. The predicted octanol–water partition coefficient (Wildman–Crippen LogP) is 1.43. The Balaban J connectivity index is 1.38. The van der Waals surface area contributed by atoms with Crippen molar-refractivity contribution in [2.75, 3.05) is 25.4 Å². The fourth-order valence-electron chi connectivity index (χ4n) is 3.98. The Hall–Kier alpha value is -1.93. The van der Waals surface area contributed by atoms with E-state index >= 15 is 0 Å². The quantitative estimate of drug-likeness (QED) is 0.740. The fraction of sp³-hybridized carbons (Fsp3) is 0.556. The van der Waals surface area contributed by atoms with Gasteiger partial charge in [0.2, 0.25) is 5.91 Å². The molecule has 138 valence electrons. The van der Waals surface area contributed by atoms with Crippen molar-refractivity contribution in [2.45, 2.75) is 30.6 Å². The number of hydrogen-bond acceptors (Lipinski definition) is 6. The van der Waals surface area contributed by atoms with Crippen molar-refractivity contribution in [3.63, 3.8) is 0 Å². The van der Waals surface area contributed by atoms with Gasteiger partial charge in [0.25, 0.3) is 0 Å². The molecule has 3 aliphatic heterocycles. The molecule has 2 atom stereocenters. The molecular formula is C18H24N6OS. The van der Waals surface area contributed by atoms with E-state index in [-0.39, 0.29) is 5.91 Å². The number of pyridine rings is 1. The molecule has 0 unspecified atom stereocenters. The third kappa shape index (κ3) is 3.91. The molecule has 2 aromatic heterocycles. The van der Waals surface area contributed by atoms with Crippen LogP contribution in [0, 0.1) is 5.92 Å². The lowest BCUT2D eigenvalue weighted by Gasteiger charge is -2.36. The van der Waals surface area contributed by atoms with Gasteiger partial charge in [-0.05, 0) is 30.4 Å². The summed E-state index contributed by atoms with van der Waals surface area (Å²) in [7, 11) is 1.90. The Kier molecular flexibility index (Phi) is 5.21. The maximum atomic E-state index is 12.8. The van der Waals surface area contributed by atoms with E-state index < -0.39 is 0 Å². The van der Waals surface area contributed by atoms with E-state index in [0.717, 1.165) is 37.8 Å². The van der Waals surface area contributed by atoms with Crippen LogP contribution in [0.3, 0.4) is 0 Å². The molecule has 5 heterocycles. The van der Waals surface area contributed by atoms with E-state index in [0.29, 0.717) is 17.7 Å². The molecule has 2 aromatic rings. The van der Waals surface area contributed by atoms with Gasteiger partial charge in [0.15, 0.2) is 5.16 Å². The number of nitrogens with zero attached hydrogens (tertiary/aromatic N) is 6. The molecule has 1 amide bonds. The largest absolute Gasteiger partial charge is 0.337 e. The normalized spacial score (nSPS) is 23.2. The maximum Gasteiger partial charge on any atom is 0.233 e. The molecule has 5 rings (SSSR count). The molecule has 3 fully saturated rings. The van der Waals surface area contributed by atoms with Crippen molar-refractivity contribution in [1.82, 2.24) is 29.5 Å². The van der Waals surface area contributed by atoms with Gasteiger partial charge in [0.1, 0.15) is 6.33 Å². The number of amides is 1. The van der Waals surface area contributed by atoms with Crippen molar-refractivity contribution in [3.05, 3.63) is 36.4 Å². The van der Waals surface area contributed by atoms with Crippen LogP contribution in [-0.4, -0.2) is 66.9 Å². The first-order valence-corrected chi connectivity index (χ1v) is 10.0. The molecule has 3 saturated heterocycles. The summed E-state index contributed by atoms with van der Waals surface area (Å²) in [5.41, 5.74) is 1.24. The molecule has 0 spiro atoms. The van der Waals surface area contributed by atoms with Crippen molar-refractivity contribution < 1.29 is 4.79 Å². The third-order valence-electron chi connectivity index (χ3n) is 5.23. The molecule has 8 heteroatoms. The van der Waals surface area contributed by atoms with Crippen molar-refractivity contribution >= 4 is 17.7 Å². The number of carbonyl (C=O) groups is 1. The van der Waals surface area contributed by atoms with Gasteiger partial charge in [-0.15, -0.1) is 10.2 Å². The number of piperidine rings is 1. The van der Waals surface area contributed by atoms with Crippen LogP contribution in [0.4, 0.5) is 0 Å². The number of fused-ring (bicyclic) bond motifs is 4. The first-order valence-electron chi connectivity index (χ1n) is 9.06. The minimum absolute atomic E-state index is 0.218. The smallest absolute Gasteiger partial charge is 0.233 e. The highest BCUT2D eigenvalue weighted by atomic mass is 32.2. The lowest BCUT2D eigenvalue weighted by molar-refractivity contribution is -0.132. The maximum absolute atomic E-state index is 12.8. The second-order valence-corrected chi connectivity index (χ2v) is 8.15. The lowest BCUT2D eigenvalue weighted by Crippen LogP contribution is -2.48. The SMILES string of the molecule is Cn1cnnc1SCC(=O)N1C[C@@H]2CC[C@H]1CN(Cc1cccnc1)C2. The van der Waals surface area contributed by atoms with Crippen LogP contribution in [0.2, 0.25) is 0 Å². The summed E-state index contributed by atoms with van der Waals surface area (Å²) in [6.45, 7) is 3.81. The zero-order chi connectivity index (χ0) is 17.9. The van der Waals surface area contributed by atoms with Gasteiger partial charge in [-0.3, -0.25) is 14.7 Å². The van der Waals surface area contributed by atoms with E-state index in [1.165, 1.54) is 23.7 Å². The molecule has 0 aliphatic carbocycles. The number of thioether (sulfide) groups is 1. The van der Waals surface area contributed by atoms with E-state index in [1.54, 1.807) is 6.33 Å². The molecule has 7 nitrogen and oxygen atoms in total. The Morgan fingerprint density at radius 2 is 2.23 bits per heavy atom. The van der Waals surface area contributed by atoms with Crippen molar-refractivity contribution in [2.24, 2.45) is 13.0 Å². The summed E-state index contributed by atoms with van der Waals surface area (Å²) in [6, 6.07) is 4.43. The summed E-state index contributed by atoms with van der Waals surface area (Å²) in [5.74, 6) is 1.21. The average Bonchev–Trinajstić information content (AvgIpc) is 2.87. The van der Waals surface area contributed by atoms with Gasteiger partial charge in [-0.2, -0.15) is 0 Å². The Labute approximate surface area is 157 Å². The highest BCUT2D eigenvalue weighted by Crippen LogP contribution is 2.29. The summed E-state index contributed by atoms with van der Waals surface area (Å²) < 4.78 is 1.85. The van der Waals surface area contributed by atoms with Crippen molar-refractivity contribution in [1.29, 1.82) is 0 Å². The van der Waals surface area contributed by atoms with Crippen LogP contribution in [0.1, 0.15) is 18.4 Å². The summed E-state index contributed by atoms with van der Waals surface area (Å²) in [5, 5.41) is 8.71.